The van der Waals surface area contributed by atoms with Gasteiger partial charge in [-0.1, -0.05) is 6.07 Å². The molecule has 0 aliphatic carbocycles. The summed E-state index contributed by atoms with van der Waals surface area (Å²) >= 11 is 0. The van der Waals surface area contributed by atoms with Gasteiger partial charge in [0.2, 0.25) is 0 Å². The van der Waals surface area contributed by atoms with E-state index in [0.29, 0.717) is 0 Å². The van der Waals surface area contributed by atoms with Crippen molar-refractivity contribution >= 4 is 17.5 Å². The maximum absolute atomic E-state index is 11.7. The highest BCUT2D eigenvalue weighted by Gasteiger charge is 2.18. The van der Waals surface area contributed by atoms with E-state index in [1.807, 2.05) is 24.3 Å². The molecule has 1 aliphatic heterocycles. The third kappa shape index (κ3) is 3.43. The number of methoxy groups -OCH3 is 1. The first kappa shape index (κ1) is 15.3. The van der Waals surface area contributed by atoms with Gasteiger partial charge in [0.05, 0.1) is 12.8 Å². The number of anilines is 2. The Bertz CT molecular complexity index is 690. The zero-order valence-electron chi connectivity index (χ0n) is 13.3. The first-order valence-corrected chi connectivity index (χ1v) is 7.52. The molecule has 1 amide bonds. The van der Waals surface area contributed by atoms with Crippen molar-refractivity contribution in [1.29, 1.82) is 0 Å². The minimum absolute atomic E-state index is 0.368. The minimum Gasteiger partial charge on any atom is -0.452 e. The molecule has 120 valence electrons. The van der Waals surface area contributed by atoms with Crippen LogP contribution in [0, 0.1) is 0 Å². The molecule has 0 radical (unpaired) electrons. The molecule has 23 heavy (non-hydrogen) atoms. The normalized spacial score (nSPS) is 14.0. The second-order valence-electron chi connectivity index (χ2n) is 5.50. The number of carbonyl (C=O) groups is 1. The Balaban J connectivity index is 1.75. The smallest absolute Gasteiger partial charge is 0.413 e. The van der Waals surface area contributed by atoms with Crippen LogP contribution in [0.1, 0.15) is 11.1 Å². The summed E-state index contributed by atoms with van der Waals surface area (Å²) in [5.41, 5.74) is 7.78. The van der Waals surface area contributed by atoms with Gasteiger partial charge in [-0.25, -0.2) is 9.80 Å². The van der Waals surface area contributed by atoms with Crippen molar-refractivity contribution in [2.75, 3.05) is 31.0 Å². The van der Waals surface area contributed by atoms with Crippen molar-refractivity contribution in [3.63, 3.8) is 0 Å². The van der Waals surface area contributed by atoms with Crippen LogP contribution in [-0.2, 0) is 17.7 Å². The van der Waals surface area contributed by atoms with Gasteiger partial charge in [-0.05, 0) is 41.8 Å². The van der Waals surface area contributed by atoms with Crippen LogP contribution in [0.4, 0.5) is 16.2 Å². The average molecular weight is 312 g/mol. The van der Waals surface area contributed by atoms with Gasteiger partial charge in [-0.15, -0.1) is 0 Å². The number of amides is 1. The third-order valence-electron chi connectivity index (χ3n) is 4.01. The SMILES string of the molecule is COC(=O)N(C)c1ccc2c(c1)CN(Nc1ccncc1)CC2. The Labute approximate surface area is 135 Å². The van der Waals surface area contributed by atoms with Crippen LogP contribution >= 0.6 is 0 Å². The average Bonchev–Trinajstić information content (AvgIpc) is 2.60. The van der Waals surface area contributed by atoms with Gasteiger partial charge in [-0.2, -0.15) is 0 Å². The molecule has 2 aromatic rings. The van der Waals surface area contributed by atoms with E-state index < -0.39 is 0 Å². The van der Waals surface area contributed by atoms with Gasteiger partial charge in [-0.3, -0.25) is 9.88 Å². The minimum atomic E-state index is -0.368. The molecule has 6 nitrogen and oxygen atoms in total. The van der Waals surface area contributed by atoms with Gasteiger partial charge < -0.3 is 10.2 Å². The Hall–Kier alpha value is -2.60. The molecule has 1 aromatic carbocycles. The molecule has 1 N–H and O–H groups in total. The second kappa shape index (κ2) is 6.66. The summed E-state index contributed by atoms with van der Waals surface area (Å²) in [6.45, 7) is 1.71. The molecular weight excluding hydrogens is 292 g/mol. The summed E-state index contributed by atoms with van der Waals surface area (Å²) in [7, 11) is 3.10. The number of fused-ring (bicyclic) bond motifs is 1. The summed E-state index contributed by atoms with van der Waals surface area (Å²) in [5.74, 6) is 0. The van der Waals surface area contributed by atoms with Crippen molar-refractivity contribution in [3.8, 4) is 0 Å². The number of hydrogen-bond acceptors (Lipinski definition) is 5. The molecular formula is C17H20N4O2. The Morgan fingerprint density at radius 1 is 1.26 bits per heavy atom. The van der Waals surface area contributed by atoms with E-state index in [1.165, 1.54) is 23.1 Å². The highest BCUT2D eigenvalue weighted by Crippen LogP contribution is 2.25. The third-order valence-corrected chi connectivity index (χ3v) is 4.01. The van der Waals surface area contributed by atoms with E-state index in [1.54, 1.807) is 19.4 Å². The Kier molecular flexibility index (Phi) is 4.43. The van der Waals surface area contributed by atoms with Crippen LogP contribution in [0.5, 0.6) is 0 Å². The Morgan fingerprint density at radius 2 is 2.04 bits per heavy atom. The molecule has 0 spiro atoms. The lowest BCUT2D eigenvalue weighted by atomic mass is 10.00. The predicted octanol–water partition coefficient (Wildman–Crippen LogP) is 2.67. The lowest BCUT2D eigenvalue weighted by Gasteiger charge is -2.30. The molecule has 0 saturated carbocycles. The van der Waals surface area contributed by atoms with Crippen LogP contribution in [0.25, 0.3) is 0 Å². The number of pyridine rings is 1. The number of carbonyl (C=O) groups excluding carboxylic acids is 1. The first-order valence-electron chi connectivity index (χ1n) is 7.52. The summed E-state index contributed by atoms with van der Waals surface area (Å²) in [6, 6.07) is 9.98. The molecule has 3 rings (SSSR count). The predicted molar refractivity (Wildman–Crippen MR) is 89.2 cm³/mol. The number of hydrazine groups is 1. The van der Waals surface area contributed by atoms with Crippen molar-refractivity contribution in [2.45, 2.75) is 13.0 Å². The summed E-state index contributed by atoms with van der Waals surface area (Å²) in [5, 5.41) is 2.17. The summed E-state index contributed by atoms with van der Waals surface area (Å²) < 4.78 is 4.77. The van der Waals surface area contributed by atoms with Gasteiger partial charge in [0, 0.05) is 38.2 Å². The molecule has 1 aliphatic rings. The van der Waals surface area contributed by atoms with E-state index in [0.717, 1.165) is 30.9 Å². The highest BCUT2D eigenvalue weighted by molar-refractivity contribution is 5.87. The molecule has 2 heterocycles. The molecule has 0 unspecified atom stereocenters. The van der Waals surface area contributed by atoms with Crippen molar-refractivity contribution < 1.29 is 9.53 Å². The number of benzene rings is 1. The van der Waals surface area contributed by atoms with E-state index in [2.05, 4.69) is 21.5 Å². The molecule has 6 heteroatoms. The van der Waals surface area contributed by atoms with Gasteiger partial charge >= 0.3 is 6.09 Å². The molecule has 0 fully saturated rings. The summed E-state index contributed by atoms with van der Waals surface area (Å²) in [6.07, 6.45) is 4.13. The number of ether oxygens (including phenoxy) is 1. The van der Waals surface area contributed by atoms with Gasteiger partial charge in [0.25, 0.3) is 0 Å². The van der Waals surface area contributed by atoms with E-state index in [4.69, 9.17) is 4.74 Å². The number of rotatable bonds is 3. The monoisotopic (exact) mass is 312 g/mol. The standard InChI is InChI=1S/C17H20N4O2/c1-20(17(22)23-2)16-4-3-13-7-10-21(12-14(13)11-16)19-15-5-8-18-9-6-15/h3-6,8-9,11H,7,10,12H2,1-2H3,(H,18,19). The molecule has 1 aromatic heterocycles. The van der Waals surface area contributed by atoms with Crippen LogP contribution in [0.3, 0.4) is 0 Å². The van der Waals surface area contributed by atoms with Crippen LogP contribution in [0.15, 0.2) is 42.7 Å². The zero-order chi connectivity index (χ0) is 16.2. The lowest BCUT2D eigenvalue weighted by Crippen LogP contribution is -2.35. The van der Waals surface area contributed by atoms with Crippen LogP contribution in [-0.4, -0.2) is 36.8 Å². The topological polar surface area (TPSA) is 57.7 Å². The van der Waals surface area contributed by atoms with E-state index >= 15 is 0 Å². The zero-order valence-corrected chi connectivity index (χ0v) is 13.3. The molecule has 0 atom stereocenters. The maximum atomic E-state index is 11.7. The van der Waals surface area contributed by atoms with Crippen LogP contribution in [0.2, 0.25) is 0 Å². The lowest BCUT2D eigenvalue weighted by molar-refractivity contribution is 0.180. The highest BCUT2D eigenvalue weighted by atomic mass is 16.5. The number of nitrogens with zero attached hydrogens (tertiary/aromatic N) is 3. The quantitative estimate of drug-likeness (QED) is 0.944. The maximum Gasteiger partial charge on any atom is 0.413 e. The van der Waals surface area contributed by atoms with Gasteiger partial charge in [0.15, 0.2) is 0 Å². The van der Waals surface area contributed by atoms with Crippen molar-refractivity contribution in [2.24, 2.45) is 0 Å². The number of nitrogens with one attached hydrogen (secondary N) is 1. The van der Waals surface area contributed by atoms with Gasteiger partial charge in [0.1, 0.15) is 0 Å². The summed E-state index contributed by atoms with van der Waals surface area (Å²) in [4.78, 5) is 17.2. The first-order chi connectivity index (χ1) is 11.2. The fraction of sp³-hybridized carbons (Fsp3) is 0.294. The van der Waals surface area contributed by atoms with E-state index in [9.17, 15) is 4.79 Å². The number of hydrogen-bond donors (Lipinski definition) is 1. The molecule has 0 bridgehead atoms. The second-order valence-corrected chi connectivity index (χ2v) is 5.50. The van der Waals surface area contributed by atoms with Crippen molar-refractivity contribution in [3.05, 3.63) is 53.9 Å². The number of aromatic nitrogens is 1. The van der Waals surface area contributed by atoms with E-state index in [-0.39, 0.29) is 6.09 Å². The fourth-order valence-corrected chi connectivity index (χ4v) is 2.70. The van der Waals surface area contributed by atoms with Crippen molar-refractivity contribution in [1.82, 2.24) is 9.99 Å². The Morgan fingerprint density at radius 3 is 2.78 bits per heavy atom. The van der Waals surface area contributed by atoms with Crippen LogP contribution < -0.4 is 10.3 Å². The largest absolute Gasteiger partial charge is 0.452 e. The molecule has 0 saturated heterocycles. The fourth-order valence-electron chi connectivity index (χ4n) is 2.70.